The number of carbonyl (C=O) groups is 1. The summed E-state index contributed by atoms with van der Waals surface area (Å²) in [5.74, 6) is -0.129. The van der Waals surface area contributed by atoms with Crippen LogP contribution in [0.15, 0.2) is 47.4 Å². The van der Waals surface area contributed by atoms with Gasteiger partial charge in [-0.05, 0) is 42.3 Å². The molecule has 0 amide bonds. The molecular formula is C15H15NO2S. The van der Waals surface area contributed by atoms with Crippen LogP contribution in [-0.2, 0) is 5.75 Å². The highest BCUT2D eigenvalue weighted by Gasteiger charge is 2.04. The highest BCUT2D eigenvalue weighted by molar-refractivity contribution is 7.98. The first kappa shape index (κ1) is 13.5. The Bertz CT molecular complexity index is 594. The van der Waals surface area contributed by atoms with Gasteiger partial charge in [-0.1, -0.05) is 18.2 Å². The number of aromatic carboxylic acids is 1. The molecule has 0 aromatic heterocycles. The monoisotopic (exact) mass is 273 g/mol. The highest BCUT2D eigenvalue weighted by atomic mass is 32.2. The molecule has 0 unspecified atom stereocenters. The molecule has 0 heterocycles. The van der Waals surface area contributed by atoms with E-state index >= 15 is 0 Å². The Labute approximate surface area is 116 Å². The molecule has 19 heavy (non-hydrogen) atoms. The number of carboxylic acids is 1. The number of rotatable bonds is 4. The lowest BCUT2D eigenvalue weighted by Gasteiger charge is -2.07. The molecule has 0 fully saturated rings. The summed E-state index contributed by atoms with van der Waals surface area (Å²) in [7, 11) is 0. The molecule has 0 bridgehead atoms. The van der Waals surface area contributed by atoms with Crippen LogP contribution in [0.4, 0.5) is 5.69 Å². The van der Waals surface area contributed by atoms with Gasteiger partial charge in [0, 0.05) is 16.3 Å². The number of aryl methyl sites for hydroxylation is 1. The smallest absolute Gasteiger partial charge is 0.335 e. The first-order chi connectivity index (χ1) is 9.06. The van der Waals surface area contributed by atoms with Crippen molar-refractivity contribution in [1.29, 1.82) is 0 Å². The number of anilines is 1. The van der Waals surface area contributed by atoms with Crippen molar-refractivity contribution in [2.45, 2.75) is 17.6 Å². The second kappa shape index (κ2) is 5.80. The Hall–Kier alpha value is -1.94. The average Bonchev–Trinajstić information content (AvgIpc) is 2.40. The maximum absolute atomic E-state index is 10.8. The van der Waals surface area contributed by atoms with Crippen molar-refractivity contribution in [2.75, 3.05) is 5.73 Å². The Morgan fingerprint density at radius 1 is 1.21 bits per heavy atom. The fraction of sp³-hybridized carbons (Fsp3) is 0.133. The van der Waals surface area contributed by atoms with Gasteiger partial charge < -0.3 is 10.8 Å². The number of nitrogen functional groups attached to an aromatic ring is 1. The average molecular weight is 273 g/mol. The van der Waals surface area contributed by atoms with E-state index in [-0.39, 0.29) is 0 Å². The largest absolute Gasteiger partial charge is 0.478 e. The summed E-state index contributed by atoms with van der Waals surface area (Å²) in [5.41, 5.74) is 9.26. The van der Waals surface area contributed by atoms with Gasteiger partial charge in [-0.3, -0.25) is 0 Å². The lowest BCUT2D eigenvalue weighted by atomic mass is 10.1. The molecule has 98 valence electrons. The van der Waals surface area contributed by atoms with Crippen LogP contribution in [0.2, 0.25) is 0 Å². The van der Waals surface area contributed by atoms with E-state index in [1.54, 1.807) is 23.9 Å². The first-order valence-electron chi connectivity index (χ1n) is 5.87. The Kier molecular flexibility index (Phi) is 4.12. The minimum Gasteiger partial charge on any atom is -0.478 e. The maximum Gasteiger partial charge on any atom is 0.335 e. The molecule has 0 aliphatic heterocycles. The van der Waals surface area contributed by atoms with Crippen molar-refractivity contribution in [3.63, 3.8) is 0 Å². The van der Waals surface area contributed by atoms with Crippen molar-refractivity contribution >= 4 is 23.4 Å². The Morgan fingerprint density at radius 3 is 2.53 bits per heavy atom. The number of benzene rings is 2. The second-order valence-electron chi connectivity index (χ2n) is 4.33. The second-order valence-corrected chi connectivity index (χ2v) is 5.35. The van der Waals surface area contributed by atoms with Crippen LogP contribution >= 0.6 is 11.8 Å². The molecule has 0 radical (unpaired) electrons. The molecule has 4 heteroatoms. The summed E-state index contributed by atoms with van der Waals surface area (Å²) in [6, 6.07) is 12.9. The van der Waals surface area contributed by atoms with Gasteiger partial charge in [-0.15, -0.1) is 11.8 Å². The van der Waals surface area contributed by atoms with Crippen LogP contribution in [0, 0.1) is 6.92 Å². The summed E-state index contributed by atoms with van der Waals surface area (Å²) in [6.45, 7) is 2.03. The van der Waals surface area contributed by atoms with Crippen LogP contribution in [0.25, 0.3) is 0 Å². The lowest BCUT2D eigenvalue weighted by molar-refractivity contribution is 0.0697. The number of carboxylic acid groups (broad SMARTS) is 1. The maximum atomic E-state index is 10.8. The van der Waals surface area contributed by atoms with Gasteiger partial charge in [-0.2, -0.15) is 0 Å². The topological polar surface area (TPSA) is 63.3 Å². The summed E-state index contributed by atoms with van der Waals surface area (Å²) >= 11 is 1.66. The molecule has 0 aliphatic rings. The molecule has 0 aliphatic carbocycles. The van der Waals surface area contributed by atoms with E-state index in [0.717, 1.165) is 21.9 Å². The van der Waals surface area contributed by atoms with Crippen LogP contribution in [0.5, 0.6) is 0 Å². The predicted octanol–water partition coefficient (Wildman–Crippen LogP) is 3.57. The van der Waals surface area contributed by atoms with Gasteiger partial charge in [0.25, 0.3) is 0 Å². The lowest BCUT2D eigenvalue weighted by Crippen LogP contribution is -1.95. The number of thioether (sulfide) groups is 1. The molecule has 0 saturated heterocycles. The number of nitrogens with two attached hydrogens (primary N) is 1. The third kappa shape index (κ3) is 3.51. The Morgan fingerprint density at radius 2 is 1.89 bits per heavy atom. The zero-order valence-corrected chi connectivity index (χ0v) is 11.4. The van der Waals surface area contributed by atoms with E-state index in [1.807, 2.05) is 31.2 Å². The van der Waals surface area contributed by atoms with Crippen molar-refractivity contribution in [3.8, 4) is 0 Å². The van der Waals surface area contributed by atoms with Crippen LogP contribution < -0.4 is 5.73 Å². The van der Waals surface area contributed by atoms with E-state index in [9.17, 15) is 4.79 Å². The van der Waals surface area contributed by atoms with Crippen molar-refractivity contribution in [2.24, 2.45) is 0 Å². The van der Waals surface area contributed by atoms with Gasteiger partial charge in [0.2, 0.25) is 0 Å². The standard InChI is InChI=1S/C15H15NO2S/c1-10-2-7-13(16)14(8-10)19-9-11-3-5-12(6-4-11)15(17)18/h2-8H,9,16H2,1H3,(H,17,18). The minimum atomic E-state index is -0.901. The number of hydrogen-bond donors (Lipinski definition) is 2. The van der Waals surface area contributed by atoms with Gasteiger partial charge in [0.15, 0.2) is 0 Å². The molecule has 2 aromatic carbocycles. The van der Waals surface area contributed by atoms with Crippen molar-refractivity contribution < 1.29 is 9.90 Å². The molecule has 0 atom stereocenters. The van der Waals surface area contributed by atoms with Crippen LogP contribution in [0.3, 0.4) is 0 Å². The number of hydrogen-bond acceptors (Lipinski definition) is 3. The fourth-order valence-corrected chi connectivity index (χ4v) is 2.69. The van der Waals surface area contributed by atoms with Gasteiger partial charge in [0.05, 0.1) is 5.56 Å². The fourth-order valence-electron chi connectivity index (χ4n) is 1.67. The van der Waals surface area contributed by atoms with E-state index < -0.39 is 5.97 Å². The first-order valence-corrected chi connectivity index (χ1v) is 6.86. The highest BCUT2D eigenvalue weighted by Crippen LogP contribution is 2.29. The third-order valence-corrected chi connectivity index (χ3v) is 3.91. The van der Waals surface area contributed by atoms with E-state index in [0.29, 0.717) is 5.56 Å². The summed E-state index contributed by atoms with van der Waals surface area (Å²) in [6.07, 6.45) is 0. The Balaban J connectivity index is 2.06. The van der Waals surface area contributed by atoms with Crippen molar-refractivity contribution in [3.05, 3.63) is 59.2 Å². The van der Waals surface area contributed by atoms with E-state index in [1.165, 1.54) is 5.56 Å². The predicted molar refractivity (Wildman–Crippen MR) is 78.6 cm³/mol. The minimum absolute atomic E-state index is 0.309. The van der Waals surface area contributed by atoms with Crippen LogP contribution in [-0.4, -0.2) is 11.1 Å². The molecule has 0 saturated carbocycles. The normalized spacial score (nSPS) is 10.4. The van der Waals surface area contributed by atoms with E-state index in [2.05, 4.69) is 6.07 Å². The SMILES string of the molecule is Cc1ccc(N)c(SCc2ccc(C(=O)O)cc2)c1. The molecule has 2 rings (SSSR count). The van der Waals surface area contributed by atoms with Crippen molar-refractivity contribution in [1.82, 2.24) is 0 Å². The zero-order valence-electron chi connectivity index (χ0n) is 10.6. The molecule has 2 aromatic rings. The van der Waals surface area contributed by atoms with Crippen LogP contribution in [0.1, 0.15) is 21.5 Å². The third-order valence-electron chi connectivity index (χ3n) is 2.76. The molecule has 3 N–H and O–H groups in total. The summed E-state index contributed by atoms with van der Waals surface area (Å²) in [5, 5.41) is 8.83. The van der Waals surface area contributed by atoms with E-state index in [4.69, 9.17) is 10.8 Å². The van der Waals surface area contributed by atoms with Gasteiger partial charge >= 0.3 is 5.97 Å². The summed E-state index contributed by atoms with van der Waals surface area (Å²) in [4.78, 5) is 11.8. The van der Waals surface area contributed by atoms with Gasteiger partial charge in [-0.25, -0.2) is 4.79 Å². The molecule has 0 spiro atoms. The molecule has 3 nitrogen and oxygen atoms in total. The summed E-state index contributed by atoms with van der Waals surface area (Å²) < 4.78 is 0. The molecular weight excluding hydrogens is 258 g/mol. The quantitative estimate of drug-likeness (QED) is 0.660. The zero-order chi connectivity index (χ0) is 13.8. The van der Waals surface area contributed by atoms with Gasteiger partial charge in [0.1, 0.15) is 0 Å².